The third kappa shape index (κ3) is 4.13. The maximum atomic E-state index is 6.50. The quantitative estimate of drug-likeness (QED) is 0.222. The van der Waals surface area contributed by atoms with Crippen LogP contribution in [-0.4, -0.2) is 9.97 Å². The molecule has 180 valence electrons. The largest absolute Gasteiger partial charge is 0.456 e. The van der Waals surface area contributed by atoms with Gasteiger partial charge in [-0.1, -0.05) is 84.9 Å². The monoisotopic (exact) mass is 508 g/mol. The molecule has 2 aromatic heterocycles. The third-order valence-electron chi connectivity index (χ3n) is 6.82. The van der Waals surface area contributed by atoms with Gasteiger partial charge in [0.1, 0.15) is 11.2 Å². The Hall–Kier alpha value is -4.73. The van der Waals surface area contributed by atoms with Crippen molar-refractivity contribution in [1.82, 2.24) is 9.97 Å². The first-order valence-corrected chi connectivity index (χ1v) is 12.8. The summed E-state index contributed by atoms with van der Waals surface area (Å²) >= 11 is 6.50. The zero-order chi connectivity index (χ0) is 25.5. The normalized spacial score (nSPS) is 11.3. The molecule has 7 rings (SSSR count). The van der Waals surface area contributed by atoms with E-state index < -0.39 is 0 Å². The van der Waals surface area contributed by atoms with Crippen molar-refractivity contribution < 1.29 is 4.42 Å². The van der Waals surface area contributed by atoms with Gasteiger partial charge in [0, 0.05) is 21.9 Å². The van der Waals surface area contributed by atoms with Crippen molar-refractivity contribution in [2.24, 2.45) is 0 Å². The van der Waals surface area contributed by atoms with Gasteiger partial charge >= 0.3 is 0 Å². The number of nitrogens with zero attached hydrogens (tertiary/aromatic N) is 2. The maximum absolute atomic E-state index is 6.50. The van der Waals surface area contributed by atoms with E-state index in [4.69, 9.17) is 16.0 Å². The molecule has 7 aromatic rings. The second kappa shape index (κ2) is 9.29. The molecule has 5 aromatic carbocycles. The zero-order valence-electron chi connectivity index (χ0n) is 20.3. The predicted molar refractivity (Wildman–Crippen MR) is 156 cm³/mol. The number of aromatic nitrogens is 2. The standard InChI is InChI=1S/C34H21ClN2O/c35-34-36-30(24-15-16-29-28-13-7-8-14-32(28)38-33(29)20-24)21-31(37-34)27-18-25(22-9-3-1-4-10-22)17-26(19-27)23-11-5-2-6-12-23/h1-21H. The van der Waals surface area contributed by atoms with Crippen molar-refractivity contribution >= 4 is 33.5 Å². The molecule has 38 heavy (non-hydrogen) atoms. The molecular formula is C34H21ClN2O. The number of rotatable bonds is 4. The number of halogens is 1. The van der Waals surface area contributed by atoms with Crippen LogP contribution in [0.15, 0.2) is 132 Å². The lowest BCUT2D eigenvalue weighted by Crippen LogP contribution is -1.93. The summed E-state index contributed by atoms with van der Waals surface area (Å²) in [5, 5.41) is 2.38. The number of fused-ring (bicyclic) bond motifs is 3. The van der Waals surface area contributed by atoms with Crippen LogP contribution in [0, 0.1) is 0 Å². The van der Waals surface area contributed by atoms with Gasteiger partial charge in [0.15, 0.2) is 0 Å². The highest BCUT2D eigenvalue weighted by Crippen LogP contribution is 2.35. The Balaban J connectivity index is 1.38. The summed E-state index contributed by atoms with van der Waals surface area (Å²) in [6.07, 6.45) is 0. The second-order valence-corrected chi connectivity index (χ2v) is 9.59. The van der Waals surface area contributed by atoms with Crippen molar-refractivity contribution in [3.05, 3.63) is 133 Å². The van der Waals surface area contributed by atoms with E-state index >= 15 is 0 Å². The first-order chi connectivity index (χ1) is 18.7. The van der Waals surface area contributed by atoms with Gasteiger partial charge in [0.05, 0.1) is 11.4 Å². The van der Waals surface area contributed by atoms with Crippen LogP contribution in [0.5, 0.6) is 0 Å². The molecule has 0 bridgehead atoms. The van der Waals surface area contributed by atoms with E-state index in [1.807, 2.05) is 42.5 Å². The van der Waals surface area contributed by atoms with Gasteiger partial charge < -0.3 is 4.42 Å². The van der Waals surface area contributed by atoms with Crippen LogP contribution in [-0.2, 0) is 0 Å². The van der Waals surface area contributed by atoms with Crippen LogP contribution in [0.4, 0.5) is 0 Å². The minimum Gasteiger partial charge on any atom is -0.456 e. The summed E-state index contributed by atoms with van der Waals surface area (Å²) < 4.78 is 6.11. The molecule has 0 atom stereocenters. The van der Waals surface area contributed by atoms with Gasteiger partial charge in [-0.3, -0.25) is 0 Å². The second-order valence-electron chi connectivity index (χ2n) is 9.25. The highest BCUT2D eigenvalue weighted by atomic mass is 35.5. The van der Waals surface area contributed by atoms with Gasteiger partial charge in [0.25, 0.3) is 0 Å². The summed E-state index contributed by atoms with van der Waals surface area (Å²) in [5.41, 5.74) is 9.59. The molecule has 0 amide bonds. The first kappa shape index (κ1) is 22.5. The molecule has 0 spiro atoms. The summed E-state index contributed by atoms with van der Waals surface area (Å²) in [6, 6.07) is 43.5. The Labute approximate surface area is 225 Å². The van der Waals surface area contributed by atoms with E-state index in [2.05, 4.69) is 94.9 Å². The first-order valence-electron chi connectivity index (χ1n) is 12.4. The number of hydrogen-bond donors (Lipinski definition) is 0. The Morgan fingerprint density at radius 3 is 1.66 bits per heavy atom. The SMILES string of the molecule is Clc1nc(-c2cc(-c3ccccc3)cc(-c3ccccc3)c2)cc(-c2ccc3c(c2)oc2ccccc23)n1. The molecule has 0 saturated heterocycles. The molecule has 0 fully saturated rings. The lowest BCUT2D eigenvalue weighted by Gasteiger charge is -2.12. The lowest BCUT2D eigenvalue weighted by molar-refractivity contribution is 0.669. The third-order valence-corrected chi connectivity index (χ3v) is 6.99. The highest BCUT2D eigenvalue weighted by molar-refractivity contribution is 6.28. The van der Waals surface area contributed by atoms with E-state index in [0.29, 0.717) is 0 Å². The van der Waals surface area contributed by atoms with Crippen molar-refractivity contribution in [1.29, 1.82) is 0 Å². The van der Waals surface area contributed by atoms with Crippen LogP contribution < -0.4 is 0 Å². The van der Waals surface area contributed by atoms with Gasteiger partial charge in [0.2, 0.25) is 5.28 Å². The highest BCUT2D eigenvalue weighted by Gasteiger charge is 2.13. The molecule has 4 heteroatoms. The van der Waals surface area contributed by atoms with Gasteiger partial charge in [-0.15, -0.1) is 0 Å². The minimum absolute atomic E-state index is 0.202. The predicted octanol–water partition coefficient (Wildman–Crippen LogP) is 9.70. The van der Waals surface area contributed by atoms with E-state index in [0.717, 1.165) is 66.7 Å². The zero-order valence-corrected chi connectivity index (χ0v) is 21.1. The van der Waals surface area contributed by atoms with Crippen LogP contribution in [0.25, 0.3) is 66.7 Å². The number of para-hydroxylation sites is 1. The molecular weight excluding hydrogens is 488 g/mol. The molecule has 0 aliphatic heterocycles. The van der Waals surface area contributed by atoms with E-state index in [1.165, 1.54) is 0 Å². The summed E-state index contributed by atoms with van der Waals surface area (Å²) in [7, 11) is 0. The molecule has 0 saturated carbocycles. The number of furan rings is 1. The van der Waals surface area contributed by atoms with Gasteiger partial charge in [-0.25, -0.2) is 9.97 Å². The fourth-order valence-electron chi connectivity index (χ4n) is 4.97. The fourth-order valence-corrected chi connectivity index (χ4v) is 5.15. The summed E-state index contributed by atoms with van der Waals surface area (Å²) in [4.78, 5) is 9.19. The van der Waals surface area contributed by atoms with Gasteiger partial charge in [-0.2, -0.15) is 0 Å². The Morgan fingerprint density at radius 2 is 0.974 bits per heavy atom. The van der Waals surface area contributed by atoms with E-state index in [1.54, 1.807) is 0 Å². The Kier molecular flexibility index (Phi) is 5.49. The minimum atomic E-state index is 0.202. The fraction of sp³-hybridized carbons (Fsp3) is 0. The van der Waals surface area contributed by atoms with E-state index in [9.17, 15) is 0 Å². The molecule has 0 aliphatic carbocycles. The van der Waals surface area contributed by atoms with Crippen LogP contribution >= 0.6 is 11.6 Å². The topological polar surface area (TPSA) is 38.9 Å². The van der Waals surface area contributed by atoms with Crippen LogP contribution in [0.3, 0.4) is 0 Å². The van der Waals surface area contributed by atoms with Crippen molar-refractivity contribution in [2.45, 2.75) is 0 Å². The molecule has 0 N–H and O–H groups in total. The summed E-state index contributed by atoms with van der Waals surface area (Å²) in [6.45, 7) is 0. The maximum Gasteiger partial charge on any atom is 0.223 e. The smallest absolute Gasteiger partial charge is 0.223 e. The number of benzene rings is 5. The molecule has 0 unspecified atom stereocenters. The lowest BCUT2D eigenvalue weighted by atomic mass is 9.94. The molecule has 3 nitrogen and oxygen atoms in total. The Morgan fingerprint density at radius 1 is 0.421 bits per heavy atom. The molecule has 0 radical (unpaired) electrons. The molecule has 2 heterocycles. The van der Waals surface area contributed by atoms with Crippen molar-refractivity contribution in [3.63, 3.8) is 0 Å². The van der Waals surface area contributed by atoms with Crippen molar-refractivity contribution in [3.8, 4) is 44.8 Å². The van der Waals surface area contributed by atoms with Crippen LogP contribution in [0.2, 0.25) is 5.28 Å². The molecule has 0 aliphatic rings. The van der Waals surface area contributed by atoms with Crippen LogP contribution in [0.1, 0.15) is 0 Å². The van der Waals surface area contributed by atoms with E-state index in [-0.39, 0.29) is 5.28 Å². The number of hydrogen-bond acceptors (Lipinski definition) is 3. The average Bonchev–Trinajstić information content (AvgIpc) is 3.35. The average molecular weight is 509 g/mol. The Bertz CT molecular complexity index is 1870. The summed E-state index contributed by atoms with van der Waals surface area (Å²) in [5.74, 6) is 0. The van der Waals surface area contributed by atoms with Crippen molar-refractivity contribution in [2.75, 3.05) is 0 Å². The van der Waals surface area contributed by atoms with Gasteiger partial charge in [-0.05, 0) is 76.3 Å².